The lowest BCUT2D eigenvalue weighted by Gasteiger charge is -2.20. The first-order chi connectivity index (χ1) is 7.06. The Kier molecular flexibility index (Phi) is 4.77. The Morgan fingerprint density at radius 2 is 2.13 bits per heavy atom. The van der Waals surface area contributed by atoms with E-state index in [1.165, 1.54) is 5.56 Å². The molecule has 0 heterocycles. The monoisotopic (exact) mass is 271 g/mol. The van der Waals surface area contributed by atoms with Gasteiger partial charge in [-0.1, -0.05) is 41.4 Å². The van der Waals surface area contributed by atoms with Crippen LogP contribution in [0.1, 0.15) is 36.9 Å². The molecule has 0 saturated heterocycles. The van der Waals surface area contributed by atoms with E-state index < -0.39 is 6.10 Å². The maximum atomic E-state index is 9.82. The van der Waals surface area contributed by atoms with E-state index in [4.69, 9.17) is 5.73 Å². The van der Waals surface area contributed by atoms with Crippen LogP contribution in [0.25, 0.3) is 0 Å². The molecule has 0 aliphatic heterocycles. The van der Waals surface area contributed by atoms with Gasteiger partial charge in [0.25, 0.3) is 0 Å². The van der Waals surface area contributed by atoms with Crippen LogP contribution < -0.4 is 5.73 Å². The van der Waals surface area contributed by atoms with Crippen LogP contribution in [0.15, 0.2) is 22.7 Å². The highest BCUT2D eigenvalue weighted by Gasteiger charge is 2.17. The second-order valence-electron chi connectivity index (χ2n) is 3.91. The minimum Gasteiger partial charge on any atom is -0.391 e. The second kappa shape index (κ2) is 5.64. The van der Waals surface area contributed by atoms with Gasteiger partial charge in [0.1, 0.15) is 0 Å². The Balaban J connectivity index is 2.86. The van der Waals surface area contributed by atoms with Crippen molar-refractivity contribution in [3.05, 3.63) is 33.8 Å². The van der Waals surface area contributed by atoms with Gasteiger partial charge in [-0.3, -0.25) is 0 Å². The molecular formula is C12H18BrNO. The lowest BCUT2D eigenvalue weighted by molar-refractivity contribution is 0.134. The molecule has 1 aromatic carbocycles. The highest BCUT2D eigenvalue weighted by atomic mass is 79.9. The molecule has 0 unspecified atom stereocenters. The molecule has 2 nitrogen and oxygen atoms in total. The van der Waals surface area contributed by atoms with Crippen molar-refractivity contribution >= 4 is 15.9 Å². The van der Waals surface area contributed by atoms with Crippen LogP contribution in [0.3, 0.4) is 0 Å². The first kappa shape index (κ1) is 12.7. The average Bonchev–Trinajstić information content (AvgIpc) is 2.17. The Morgan fingerprint density at radius 3 is 2.67 bits per heavy atom. The van der Waals surface area contributed by atoms with E-state index in [0.717, 1.165) is 22.9 Å². The molecule has 2 atom stereocenters. The summed E-state index contributed by atoms with van der Waals surface area (Å²) in [6, 6.07) is 5.70. The summed E-state index contributed by atoms with van der Waals surface area (Å²) >= 11 is 3.48. The van der Waals surface area contributed by atoms with E-state index in [2.05, 4.69) is 15.9 Å². The molecule has 0 fully saturated rings. The van der Waals surface area contributed by atoms with Crippen LogP contribution >= 0.6 is 15.9 Å². The number of aliphatic hydroxyl groups excluding tert-OH is 1. The number of hydrogen-bond donors (Lipinski definition) is 2. The summed E-state index contributed by atoms with van der Waals surface area (Å²) in [5, 5.41) is 9.82. The van der Waals surface area contributed by atoms with Crippen molar-refractivity contribution in [2.75, 3.05) is 0 Å². The van der Waals surface area contributed by atoms with E-state index in [-0.39, 0.29) is 6.04 Å². The largest absolute Gasteiger partial charge is 0.391 e. The molecular weight excluding hydrogens is 254 g/mol. The summed E-state index contributed by atoms with van der Waals surface area (Å²) in [6.45, 7) is 4.07. The van der Waals surface area contributed by atoms with E-state index >= 15 is 0 Å². The summed E-state index contributed by atoms with van der Waals surface area (Å²) in [6.07, 6.45) is 1.22. The molecule has 1 rings (SSSR count). The van der Waals surface area contributed by atoms with Crippen molar-refractivity contribution < 1.29 is 5.11 Å². The summed E-state index contributed by atoms with van der Waals surface area (Å²) < 4.78 is 0.977. The predicted octanol–water partition coefficient (Wildman–Crippen LogP) is 2.92. The third-order valence-electron chi connectivity index (χ3n) is 2.51. The summed E-state index contributed by atoms with van der Waals surface area (Å²) in [5.74, 6) is 0. The van der Waals surface area contributed by atoms with Crippen LogP contribution in [0.5, 0.6) is 0 Å². The van der Waals surface area contributed by atoms with Crippen LogP contribution in [-0.4, -0.2) is 11.2 Å². The fourth-order valence-electron chi connectivity index (χ4n) is 1.59. The van der Waals surface area contributed by atoms with Gasteiger partial charge < -0.3 is 10.8 Å². The number of aliphatic hydroxyl groups is 1. The zero-order chi connectivity index (χ0) is 11.4. The molecule has 0 aliphatic carbocycles. The highest BCUT2D eigenvalue weighted by Crippen LogP contribution is 2.26. The first-order valence-corrected chi connectivity index (χ1v) is 6.05. The topological polar surface area (TPSA) is 46.2 Å². The van der Waals surface area contributed by atoms with E-state index in [1.807, 2.05) is 32.0 Å². The second-order valence-corrected chi connectivity index (χ2v) is 4.76. The van der Waals surface area contributed by atoms with Crippen LogP contribution in [0, 0.1) is 6.92 Å². The highest BCUT2D eigenvalue weighted by molar-refractivity contribution is 9.10. The minimum absolute atomic E-state index is 0.306. The van der Waals surface area contributed by atoms with Crippen LogP contribution in [-0.2, 0) is 0 Å². The van der Waals surface area contributed by atoms with Gasteiger partial charge >= 0.3 is 0 Å². The molecule has 0 spiro atoms. The van der Waals surface area contributed by atoms with Gasteiger partial charge in [0.15, 0.2) is 0 Å². The standard InChI is InChI=1S/C12H18BrNO/c1-3-4-11(15)12(14)9-6-5-8(2)7-10(9)13/h5-7,11-12,15H,3-4,14H2,1-2H3/t11-,12+/m0/s1. The fraction of sp³-hybridized carbons (Fsp3) is 0.500. The molecule has 0 saturated carbocycles. The van der Waals surface area contributed by atoms with Crippen molar-refractivity contribution in [1.29, 1.82) is 0 Å². The number of nitrogens with two attached hydrogens (primary N) is 1. The molecule has 1 aromatic rings. The van der Waals surface area contributed by atoms with Gasteiger partial charge in [-0.05, 0) is 30.5 Å². The molecule has 0 bridgehead atoms. The lowest BCUT2D eigenvalue weighted by Crippen LogP contribution is -2.26. The Bertz CT molecular complexity index is 327. The van der Waals surface area contributed by atoms with Gasteiger partial charge in [-0.25, -0.2) is 0 Å². The van der Waals surface area contributed by atoms with E-state index in [1.54, 1.807) is 0 Å². The molecule has 0 radical (unpaired) electrons. The molecule has 3 N–H and O–H groups in total. The van der Waals surface area contributed by atoms with Crippen LogP contribution in [0.4, 0.5) is 0 Å². The van der Waals surface area contributed by atoms with Gasteiger partial charge in [-0.15, -0.1) is 0 Å². The quantitative estimate of drug-likeness (QED) is 0.885. The van der Waals surface area contributed by atoms with Gasteiger partial charge in [-0.2, -0.15) is 0 Å². The van der Waals surface area contributed by atoms with Gasteiger partial charge in [0, 0.05) is 4.47 Å². The number of aryl methyl sites for hydroxylation is 1. The Hall–Kier alpha value is -0.380. The smallest absolute Gasteiger partial charge is 0.0733 e. The zero-order valence-corrected chi connectivity index (χ0v) is 10.8. The van der Waals surface area contributed by atoms with Gasteiger partial charge in [0.2, 0.25) is 0 Å². The predicted molar refractivity (Wildman–Crippen MR) is 66.7 cm³/mol. The van der Waals surface area contributed by atoms with Crippen molar-refractivity contribution in [3.63, 3.8) is 0 Å². The molecule has 15 heavy (non-hydrogen) atoms. The van der Waals surface area contributed by atoms with Crippen LogP contribution in [0.2, 0.25) is 0 Å². The molecule has 0 aromatic heterocycles. The van der Waals surface area contributed by atoms with Crippen molar-refractivity contribution in [2.45, 2.75) is 38.8 Å². The maximum absolute atomic E-state index is 9.82. The summed E-state index contributed by atoms with van der Waals surface area (Å²) in [7, 11) is 0. The number of halogens is 1. The third-order valence-corrected chi connectivity index (χ3v) is 3.20. The van der Waals surface area contributed by atoms with E-state index in [0.29, 0.717) is 0 Å². The van der Waals surface area contributed by atoms with Crippen molar-refractivity contribution in [1.82, 2.24) is 0 Å². The minimum atomic E-state index is -0.464. The SMILES string of the molecule is CCC[C@H](O)[C@H](N)c1ccc(C)cc1Br. The fourth-order valence-corrected chi connectivity index (χ4v) is 2.34. The summed E-state index contributed by atoms with van der Waals surface area (Å²) in [4.78, 5) is 0. The zero-order valence-electron chi connectivity index (χ0n) is 9.20. The van der Waals surface area contributed by atoms with Gasteiger partial charge in [0.05, 0.1) is 12.1 Å². The number of benzene rings is 1. The third kappa shape index (κ3) is 3.30. The molecule has 3 heteroatoms. The first-order valence-electron chi connectivity index (χ1n) is 5.26. The number of rotatable bonds is 4. The van der Waals surface area contributed by atoms with Crippen molar-refractivity contribution in [2.24, 2.45) is 5.73 Å². The number of hydrogen-bond acceptors (Lipinski definition) is 2. The molecule has 84 valence electrons. The Labute approximate surface area is 99.6 Å². The molecule has 0 amide bonds. The molecule has 0 aliphatic rings. The van der Waals surface area contributed by atoms with E-state index in [9.17, 15) is 5.11 Å². The Morgan fingerprint density at radius 1 is 1.47 bits per heavy atom. The summed E-state index contributed by atoms with van der Waals surface area (Å²) in [5.41, 5.74) is 8.15. The average molecular weight is 272 g/mol. The van der Waals surface area contributed by atoms with Crippen molar-refractivity contribution in [3.8, 4) is 0 Å². The normalized spacial score (nSPS) is 15.0. The lowest BCUT2D eigenvalue weighted by atomic mass is 9.98. The maximum Gasteiger partial charge on any atom is 0.0733 e.